The molecule has 15 heavy (non-hydrogen) atoms. The molecule has 0 spiro atoms. The van der Waals surface area contributed by atoms with Crippen molar-refractivity contribution < 1.29 is 4.79 Å². The molecule has 0 fully saturated rings. The normalized spacial score (nSPS) is 10.3. The third-order valence-corrected chi connectivity index (χ3v) is 2.97. The first-order valence-corrected chi connectivity index (χ1v) is 5.41. The lowest BCUT2D eigenvalue weighted by Gasteiger charge is -2.01. The zero-order chi connectivity index (χ0) is 10.8. The second-order valence-corrected chi connectivity index (χ2v) is 4.18. The number of hydrogen-bond acceptors (Lipinski definition) is 3. The van der Waals surface area contributed by atoms with Gasteiger partial charge in [-0.15, -0.1) is 0 Å². The first-order valence-electron chi connectivity index (χ1n) is 4.33. The molecule has 0 saturated heterocycles. The summed E-state index contributed by atoms with van der Waals surface area (Å²) in [5, 5.41) is 3.88. The fraction of sp³-hybridized carbons (Fsp3) is 0.100. The zero-order valence-electron chi connectivity index (χ0n) is 8.01. The van der Waals surface area contributed by atoms with E-state index >= 15 is 0 Å². The first-order chi connectivity index (χ1) is 7.20. The molecule has 0 unspecified atom stereocenters. The van der Waals surface area contributed by atoms with Crippen LogP contribution >= 0.6 is 22.6 Å². The van der Waals surface area contributed by atoms with Crippen LogP contribution in [0.5, 0.6) is 0 Å². The summed E-state index contributed by atoms with van der Waals surface area (Å²) in [6, 6.07) is 7.42. The lowest BCUT2D eigenvalue weighted by molar-refractivity contribution is 0.102. The number of ketones is 1. The van der Waals surface area contributed by atoms with Gasteiger partial charge in [0, 0.05) is 16.2 Å². The maximum Gasteiger partial charge on any atom is 0.231 e. The minimum Gasteiger partial charge on any atom is -0.285 e. The van der Waals surface area contributed by atoms with Crippen molar-refractivity contribution in [2.75, 3.05) is 0 Å². The molecule has 0 bridgehead atoms. The Kier molecular flexibility index (Phi) is 2.81. The van der Waals surface area contributed by atoms with E-state index in [1.54, 1.807) is 13.1 Å². The summed E-state index contributed by atoms with van der Waals surface area (Å²) in [7, 11) is 1.70. The van der Waals surface area contributed by atoms with Crippen LogP contribution in [0.4, 0.5) is 0 Å². The van der Waals surface area contributed by atoms with Gasteiger partial charge in [-0.1, -0.05) is 12.1 Å². The van der Waals surface area contributed by atoms with Gasteiger partial charge in [0.25, 0.3) is 0 Å². The summed E-state index contributed by atoms with van der Waals surface area (Å²) < 4.78 is 2.40. The van der Waals surface area contributed by atoms with E-state index in [-0.39, 0.29) is 5.78 Å². The van der Waals surface area contributed by atoms with Gasteiger partial charge in [-0.05, 0) is 34.7 Å². The van der Waals surface area contributed by atoms with Crippen molar-refractivity contribution in [1.82, 2.24) is 14.8 Å². The Morgan fingerprint density at radius 2 is 2.13 bits per heavy atom. The summed E-state index contributed by atoms with van der Waals surface area (Å²) in [6.45, 7) is 0. The molecule has 76 valence electrons. The summed E-state index contributed by atoms with van der Waals surface area (Å²) in [5.74, 6) is 0.263. The molecule has 1 aromatic heterocycles. The van der Waals surface area contributed by atoms with Crippen molar-refractivity contribution in [3.63, 3.8) is 0 Å². The molecule has 0 amide bonds. The van der Waals surface area contributed by atoms with E-state index in [1.165, 1.54) is 11.0 Å². The van der Waals surface area contributed by atoms with E-state index < -0.39 is 0 Å². The van der Waals surface area contributed by atoms with Crippen molar-refractivity contribution in [3.8, 4) is 0 Å². The van der Waals surface area contributed by atoms with Crippen LogP contribution in [0.25, 0.3) is 0 Å². The molecule has 0 saturated carbocycles. The van der Waals surface area contributed by atoms with Gasteiger partial charge >= 0.3 is 0 Å². The minimum atomic E-state index is -0.0972. The lowest BCUT2D eigenvalue weighted by atomic mass is 10.1. The van der Waals surface area contributed by atoms with E-state index in [4.69, 9.17) is 0 Å². The third kappa shape index (κ3) is 1.92. The number of halogens is 1. The van der Waals surface area contributed by atoms with E-state index in [1.807, 2.05) is 18.2 Å². The van der Waals surface area contributed by atoms with Crippen LogP contribution in [0.15, 0.2) is 30.6 Å². The van der Waals surface area contributed by atoms with E-state index in [9.17, 15) is 4.79 Å². The second-order valence-electron chi connectivity index (χ2n) is 3.02. The van der Waals surface area contributed by atoms with Crippen LogP contribution in [0.1, 0.15) is 16.2 Å². The Bertz CT molecular complexity index is 507. The largest absolute Gasteiger partial charge is 0.285 e. The Morgan fingerprint density at radius 3 is 2.73 bits per heavy atom. The smallest absolute Gasteiger partial charge is 0.231 e. The fourth-order valence-electron chi connectivity index (χ4n) is 1.27. The molecular formula is C10H8IN3O. The first kappa shape index (κ1) is 10.3. The average Bonchev–Trinajstić information content (AvgIpc) is 2.64. The topological polar surface area (TPSA) is 47.8 Å². The summed E-state index contributed by atoms with van der Waals surface area (Å²) in [6.07, 6.45) is 1.38. The number of rotatable bonds is 2. The quantitative estimate of drug-likeness (QED) is 0.626. The maximum absolute atomic E-state index is 12.0. The van der Waals surface area contributed by atoms with Crippen molar-refractivity contribution in [3.05, 3.63) is 45.6 Å². The summed E-state index contributed by atoms with van der Waals surface area (Å²) in [5.41, 5.74) is 0.661. The molecule has 0 aliphatic rings. The third-order valence-electron chi connectivity index (χ3n) is 2.03. The van der Waals surface area contributed by atoms with Gasteiger partial charge in [0.1, 0.15) is 6.33 Å². The van der Waals surface area contributed by atoms with Crippen LogP contribution in [-0.2, 0) is 7.05 Å². The Hall–Kier alpha value is -1.24. The fourth-order valence-corrected chi connectivity index (χ4v) is 1.90. The Balaban J connectivity index is 2.46. The highest BCUT2D eigenvalue weighted by Gasteiger charge is 2.16. The zero-order valence-corrected chi connectivity index (χ0v) is 10.2. The van der Waals surface area contributed by atoms with Gasteiger partial charge in [-0.2, -0.15) is 5.10 Å². The van der Waals surface area contributed by atoms with Crippen LogP contribution in [0, 0.1) is 3.57 Å². The molecule has 1 aromatic carbocycles. The van der Waals surface area contributed by atoms with E-state index in [0.29, 0.717) is 11.4 Å². The van der Waals surface area contributed by atoms with Crippen LogP contribution in [0.2, 0.25) is 0 Å². The van der Waals surface area contributed by atoms with E-state index in [0.717, 1.165) is 3.57 Å². The second kappa shape index (κ2) is 4.09. The van der Waals surface area contributed by atoms with Gasteiger partial charge in [-0.3, -0.25) is 4.79 Å². The van der Waals surface area contributed by atoms with Gasteiger partial charge in [0.05, 0.1) is 0 Å². The molecule has 0 radical (unpaired) electrons. The standard InChI is InChI=1S/C10H8IN3O/c1-14-10(12-6-13-14)9(15)7-4-2-3-5-8(7)11/h2-6H,1H3. The molecule has 5 heteroatoms. The number of hydrogen-bond donors (Lipinski definition) is 0. The number of carbonyl (C=O) groups excluding carboxylic acids is 1. The highest BCUT2D eigenvalue weighted by Crippen LogP contribution is 2.14. The highest BCUT2D eigenvalue weighted by atomic mass is 127. The van der Waals surface area contributed by atoms with Gasteiger partial charge in [0.2, 0.25) is 5.78 Å². The summed E-state index contributed by atoms with van der Waals surface area (Å²) >= 11 is 2.13. The number of aryl methyl sites for hydroxylation is 1. The average molecular weight is 313 g/mol. The van der Waals surface area contributed by atoms with Crippen LogP contribution in [-0.4, -0.2) is 20.5 Å². The highest BCUT2D eigenvalue weighted by molar-refractivity contribution is 14.1. The number of carbonyl (C=O) groups is 1. The number of benzene rings is 1. The number of aromatic nitrogens is 3. The number of nitrogens with zero attached hydrogens (tertiary/aromatic N) is 3. The van der Waals surface area contributed by atoms with Crippen molar-refractivity contribution in [2.24, 2.45) is 7.05 Å². The van der Waals surface area contributed by atoms with Crippen LogP contribution in [0.3, 0.4) is 0 Å². The monoisotopic (exact) mass is 313 g/mol. The Labute approximate surface area is 100 Å². The SMILES string of the molecule is Cn1ncnc1C(=O)c1ccccc1I. The molecule has 0 aliphatic heterocycles. The van der Waals surface area contributed by atoms with Gasteiger partial charge in [-0.25, -0.2) is 9.67 Å². The predicted molar refractivity (Wildman–Crippen MR) is 63.6 cm³/mol. The van der Waals surface area contributed by atoms with Crippen molar-refractivity contribution >= 4 is 28.4 Å². The molecule has 0 aliphatic carbocycles. The molecule has 2 rings (SSSR count). The lowest BCUT2D eigenvalue weighted by Crippen LogP contribution is -2.10. The molecule has 0 N–H and O–H groups in total. The minimum absolute atomic E-state index is 0.0972. The summed E-state index contributed by atoms with van der Waals surface area (Å²) in [4.78, 5) is 16.0. The van der Waals surface area contributed by atoms with E-state index in [2.05, 4.69) is 32.7 Å². The van der Waals surface area contributed by atoms with Crippen LogP contribution < -0.4 is 0 Å². The Morgan fingerprint density at radius 1 is 1.40 bits per heavy atom. The molecule has 0 atom stereocenters. The molecule has 1 heterocycles. The van der Waals surface area contributed by atoms with Crippen molar-refractivity contribution in [2.45, 2.75) is 0 Å². The predicted octanol–water partition coefficient (Wildman–Crippen LogP) is 1.65. The molecule has 2 aromatic rings. The van der Waals surface area contributed by atoms with Gasteiger partial charge in [0.15, 0.2) is 5.82 Å². The molecule has 4 nitrogen and oxygen atoms in total. The van der Waals surface area contributed by atoms with Gasteiger partial charge < -0.3 is 0 Å². The molecular weight excluding hydrogens is 305 g/mol. The van der Waals surface area contributed by atoms with Crippen molar-refractivity contribution in [1.29, 1.82) is 0 Å². The maximum atomic E-state index is 12.0.